The molecule has 4 nitrogen and oxygen atoms in total. The van der Waals surface area contributed by atoms with E-state index in [9.17, 15) is 9.59 Å². The van der Waals surface area contributed by atoms with E-state index in [0.717, 1.165) is 19.3 Å². The summed E-state index contributed by atoms with van der Waals surface area (Å²) in [6, 6.07) is 0. The minimum Gasteiger partial charge on any atom is -0.479 e. The van der Waals surface area contributed by atoms with E-state index in [1.165, 1.54) is 0 Å². The fourth-order valence-corrected chi connectivity index (χ4v) is 1.48. The van der Waals surface area contributed by atoms with Crippen LogP contribution in [0.5, 0.6) is 0 Å². The Bertz CT molecular complexity index is 212. The number of rotatable bonds is 4. The van der Waals surface area contributed by atoms with Crippen LogP contribution in [-0.2, 0) is 14.3 Å². The lowest BCUT2D eigenvalue weighted by molar-refractivity contribution is -0.157. The van der Waals surface area contributed by atoms with E-state index in [2.05, 4.69) is 0 Å². The molecule has 0 unspecified atom stereocenters. The molecule has 0 radical (unpaired) electrons. The van der Waals surface area contributed by atoms with Crippen molar-refractivity contribution in [2.24, 2.45) is 5.92 Å². The highest BCUT2D eigenvalue weighted by molar-refractivity contribution is 5.83. The molecular formula is C9H14O4. The molecule has 1 saturated heterocycles. The van der Waals surface area contributed by atoms with Crippen LogP contribution in [0, 0.1) is 5.92 Å². The summed E-state index contributed by atoms with van der Waals surface area (Å²) in [4.78, 5) is 21.6. The summed E-state index contributed by atoms with van der Waals surface area (Å²) in [5.74, 6) is -1.57. The maximum absolute atomic E-state index is 11.1. The zero-order chi connectivity index (χ0) is 9.84. The molecular weight excluding hydrogens is 172 g/mol. The minimum atomic E-state index is -1.03. The third kappa shape index (κ3) is 2.44. The van der Waals surface area contributed by atoms with E-state index in [-0.39, 0.29) is 11.9 Å². The van der Waals surface area contributed by atoms with Gasteiger partial charge in [-0.3, -0.25) is 4.79 Å². The van der Waals surface area contributed by atoms with Gasteiger partial charge in [0.2, 0.25) is 0 Å². The van der Waals surface area contributed by atoms with Gasteiger partial charge in [0.1, 0.15) is 0 Å². The van der Waals surface area contributed by atoms with Crippen molar-refractivity contribution in [3.8, 4) is 0 Å². The summed E-state index contributed by atoms with van der Waals surface area (Å²) in [5, 5.41) is 8.60. The van der Waals surface area contributed by atoms with Gasteiger partial charge in [0.15, 0.2) is 6.10 Å². The van der Waals surface area contributed by atoms with Crippen LogP contribution >= 0.6 is 0 Å². The van der Waals surface area contributed by atoms with E-state index in [1.807, 2.05) is 6.92 Å². The normalized spacial score (nSPS) is 27.3. The maximum atomic E-state index is 11.1. The van der Waals surface area contributed by atoms with E-state index >= 15 is 0 Å². The molecule has 0 aromatic rings. The molecule has 0 bridgehead atoms. The molecule has 1 aliphatic heterocycles. The Morgan fingerprint density at radius 1 is 1.69 bits per heavy atom. The monoisotopic (exact) mass is 186 g/mol. The average molecular weight is 186 g/mol. The van der Waals surface area contributed by atoms with E-state index in [4.69, 9.17) is 9.84 Å². The number of unbranched alkanes of at least 4 members (excludes halogenated alkanes) is 1. The summed E-state index contributed by atoms with van der Waals surface area (Å²) in [6.45, 7) is 2.04. The molecule has 0 spiro atoms. The molecule has 2 atom stereocenters. The van der Waals surface area contributed by atoms with Gasteiger partial charge in [0, 0.05) is 6.42 Å². The first-order chi connectivity index (χ1) is 6.15. The van der Waals surface area contributed by atoms with Crippen LogP contribution in [0.25, 0.3) is 0 Å². The van der Waals surface area contributed by atoms with Gasteiger partial charge >= 0.3 is 11.9 Å². The Labute approximate surface area is 76.9 Å². The molecule has 74 valence electrons. The van der Waals surface area contributed by atoms with Crippen molar-refractivity contribution in [2.45, 2.75) is 38.7 Å². The van der Waals surface area contributed by atoms with Crippen molar-refractivity contribution < 1.29 is 19.4 Å². The number of hydrogen-bond acceptors (Lipinski definition) is 3. The minimum absolute atomic E-state index is 0.193. The molecule has 1 heterocycles. The van der Waals surface area contributed by atoms with E-state index < -0.39 is 12.1 Å². The second kappa shape index (κ2) is 4.25. The molecule has 1 N–H and O–H groups in total. The van der Waals surface area contributed by atoms with Crippen LogP contribution in [-0.4, -0.2) is 23.1 Å². The molecule has 1 rings (SSSR count). The van der Waals surface area contributed by atoms with E-state index in [0.29, 0.717) is 6.42 Å². The average Bonchev–Trinajstić information content (AvgIpc) is 2.44. The fraction of sp³-hybridized carbons (Fsp3) is 0.778. The molecule has 0 amide bonds. The number of esters is 1. The molecule has 0 aliphatic carbocycles. The summed E-state index contributed by atoms with van der Waals surface area (Å²) in [6.07, 6.45) is 2.15. The summed E-state index contributed by atoms with van der Waals surface area (Å²) >= 11 is 0. The highest BCUT2D eigenvalue weighted by Gasteiger charge is 2.37. The van der Waals surface area contributed by atoms with Crippen molar-refractivity contribution in [3.63, 3.8) is 0 Å². The molecule has 1 aliphatic rings. The lowest BCUT2D eigenvalue weighted by Crippen LogP contribution is -2.18. The SMILES string of the molecule is CCCC[C@@H]1C[C@@H](C(=O)O)OC1=O. The number of carbonyl (C=O) groups excluding carboxylic acids is 1. The first kappa shape index (κ1) is 10.0. The zero-order valence-corrected chi connectivity index (χ0v) is 7.66. The van der Waals surface area contributed by atoms with E-state index in [1.54, 1.807) is 0 Å². The summed E-state index contributed by atoms with van der Waals surface area (Å²) in [5.41, 5.74) is 0. The Hall–Kier alpha value is -1.06. The smallest absolute Gasteiger partial charge is 0.345 e. The van der Waals surface area contributed by atoms with Crippen LogP contribution in [0.1, 0.15) is 32.6 Å². The van der Waals surface area contributed by atoms with Crippen molar-refractivity contribution in [2.75, 3.05) is 0 Å². The predicted molar refractivity (Wildman–Crippen MR) is 45.1 cm³/mol. The standard InChI is InChI=1S/C9H14O4/c1-2-3-4-6-5-7(8(10)11)13-9(6)12/h6-7H,2-5H2,1H3,(H,10,11)/t6-,7+/m1/s1. The Balaban J connectivity index is 2.42. The highest BCUT2D eigenvalue weighted by Crippen LogP contribution is 2.25. The second-order valence-electron chi connectivity index (χ2n) is 3.34. The van der Waals surface area contributed by atoms with Crippen molar-refractivity contribution in [3.05, 3.63) is 0 Å². The van der Waals surface area contributed by atoms with Crippen molar-refractivity contribution in [1.82, 2.24) is 0 Å². The summed E-state index contributed by atoms with van der Waals surface area (Å²) < 4.78 is 4.69. The number of aliphatic carboxylic acids is 1. The second-order valence-corrected chi connectivity index (χ2v) is 3.34. The number of hydrogen-bond donors (Lipinski definition) is 1. The van der Waals surface area contributed by atoms with Crippen LogP contribution in [0.2, 0.25) is 0 Å². The van der Waals surface area contributed by atoms with Gasteiger partial charge in [-0.1, -0.05) is 19.8 Å². The van der Waals surface area contributed by atoms with Gasteiger partial charge < -0.3 is 9.84 Å². The molecule has 4 heteroatoms. The van der Waals surface area contributed by atoms with Gasteiger partial charge in [0.05, 0.1) is 5.92 Å². The predicted octanol–water partition coefficient (Wildman–Crippen LogP) is 1.19. The maximum Gasteiger partial charge on any atom is 0.345 e. The van der Waals surface area contributed by atoms with Crippen molar-refractivity contribution in [1.29, 1.82) is 0 Å². The van der Waals surface area contributed by atoms with Gasteiger partial charge in [0.25, 0.3) is 0 Å². The van der Waals surface area contributed by atoms with Gasteiger partial charge in [-0.15, -0.1) is 0 Å². The zero-order valence-electron chi connectivity index (χ0n) is 7.66. The first-order valence-electron chi connectivity index (χ1n) is 4.58. The number of ether oxygens (including phenoxy) is 1. The molecule has 1 fully saturated rings. The van der Waals surface area contributed by atoms with Crippen LogP contribution in [0.15, 0.2) is 0 Å². The molecule has 0 saturated carbocycles. The number of cyclic esters (lactones) is 1. The highest BCUT2D eigenvalue weighted by atomic mass is 16.6. The van der Waals surface area contributed by atoms with Gasteiger partial charge in [-0.25, -0.2) is 4.79 Å². The van der Waals surface area contributed by atoms with Gasteiger partial charge in [-0.2, -0.15) is 0 Å². The lowest BCUT2D eigenvalue weighted by Gasteiger charge is -2.01. The third-order valence-electron chi connectivity index (χ3n) is 2.27. The van der Waals surface area contributed by atoms with Crippen molar-refractivity contribution >= 4 is 11.9 Å². The third-order valence-corrected chi connectivity index (χ3v) is 2.27. The molecule has 0 aromatic heterocycles. The quantitative estimate of drug-likeness (QED) is 0.670. The van der Waals surface area contributed by atoms with Crippen LogP contribution in [0.3, 0.4) is 0 Å². The Kier molecular flexibility index (Phi) is 3.28. The number of carboxylic acid groups (broad SMARTS) is 1. The van der Waals surface area contributed by atoms with Crippen LogP contribution in [0.4, 0.5) is 0 Å². The largest absolute Gasteiger partial charge is 0.479 e. The first-order valence-corrected chi connectivity index (χ1v) is 4.58. The summed E-state index contributed by atoms with van der Waals surface area (Å²) in [7, 11) is 0. The molecule has 13 heavy (non-hydrogen) atoms. The van der Waals surface area contributed by atoms with Crippen LogP contribution < -0.4 is 0 Å². The lowest BCUT2D eigenvalue weighted by atomic mass is 9.98. The number of carbonyl (C=O) groups is 2. The Morgan fingerprint density at radius 2 is 2.38 bits per heavy atom. The van der Waals surface area contributed by atoms with Gasteiger partial charge in [-0.05, 0) is 6.42 Å². The Morgan fingerprint density at radius 3 is 2.85 bits per heavy atom. The fourth-order valence-electron chi connectivity index (χ4n) is 1.48. The number of carboxylic acids is 1. The molecule has 0 aromatic carbocycles. The topological polar surface area (TPSA) is 63.6 Å².